The Hall–Kier alpha value is -1.47. The van der Waals surface area contributed by atoms with Gasteiger partial charge < -0.3 is 4.74 Å². The molecule has 1 unspecified atom stereocenters. The van der Waals surface area contributed by atoms with Gasteiger partial charge in [0.2, 0.25) is 0 Å². The van der Waals surface area contributed by atoms with Gasteiger partial charge in [-0.05, 0) is 30.2 Å². The second kappa shape index (κ2) is 5.74. The van der Waals surface area contributed by atoms with Crippen LogP contribution in [0.2, 0.25) is 0 Å². The first kappa shape index (κ1) is 12.0. The number of rotatable bonds is 4. The molecule has 2 rings (SSSR count). The minimum atomic E-state index is -0.207. The van der Waals surface area contributed by atoms with Crippen molar-refractivity contribution in [2.75, 3.05) is 0 Å². The van der Waals surface area contributed by atoms with Gasteiger partial charge in [0, 0.05) is 5.88 Å². The van der Waals surface area contributed by atoms with Gasteiger partial charge in [-0.1, -0.05) is 42.5 Å². The molecule has 0 aliphatic carbocycles. The molecule has 0 aliphatic rings. The molecule has 1 nitrogen and oxygen atoms in total. The van der Waals surface area contributed by atoms with Crippen molar-refractivity contribution in [3.63, 3.8) is 0 Å². The van der Waals surface area contributed by atoms with Gasteiger partial charge >= 0.3 is 0 Å². The summed E-state index contributed by atoms with van der Waals surface area (Å²) in [6, 6.07) is 17.7. The van der Waals surface area contributed by atoms with Crippen LogP contribution in [0.3, 0.4) is 0 Å². The van der Waals surface area contributed by atoms with Gasteiger partial charge in [-0.25, -0.2) is 0 Å². The Morgan fingerprint density at radius 2 is 1.82 bits per heavy atom. The van der Waals surface area contributed by atoms with Crippen LogP contribution in [0.1, 0.15) is 17.2 Å². The van der Waals surface area contributed by atoms with Crippen LogP contribution in [0, 0.1) is 6.92 Å². The Bertz CT molecular complexity index is 467. The van der Waals surface area contributed by atoms with Crippen LogP contribution in [0.25, 0.3) is 0 Å². The van der Waals surface area contributed by atoms with E-state index in [0.29, 0.717) is 5.88 Å². The Labute approximate surface area is 107 Å². The SMILES string of the molecule is [CH2]C(Oc1cccc(CCl)c1)c1ccccc1. The quantitative estimate of drug-likeness (QED) is 0.727. The molecule has 0 bridgehead atoms. The van der Waals surface area contributed by atoms with Crippen molar-refractivity contribution in [1.82, 2.24) is 0 Å². The number of hydrogen-bond acceptors (Lipinski definition) is 1. The van der Waals surface area contributed by atoms with E-state index in [0.717, 1.165) is 16.9 Å². The van der Waals surface area contributed by atoms with Crippen LogP contribution in [0.15, 0.2) is 54.6 Å². The minimum Gasteiger partial charge on any atom is -0.486 e. The van der Waals surface area contributed by atoms with E-state index in [1.54, 1.807) is 0 Å². The zero-order chi connectivity index (χ0) is 12.1. The van der Waals surface area contributed by atoms with Crippen molar-refractivity contribution >= 4 is 11.6 Å². The lowest BCUT2D eigenvalue weighted by atomic mass is 10.1. The smallest absolute Gasteiger partial charge is 0.124 e. The van der Waals surface area contributed by atoms with Crippen molar-refractivity contribution in [2.45, 2.75) is 12.0 Å². The summed E-state index contributed by atoms with van der Waals surface area (Å²) < 4.78 is 5.77. The maximum absolute atomic E-state index is 5.78. The van der Waals surface area contributed by atoms with Crippen LogP contribution < -0.4 is 4.74 Å². The fourth-order valence-corrected chi connectivity index (χ4v) is 1.77. The molecule has 0 aromatic heterocycles. The zero-order valence-corrected chi connectivity index (χ0v) is 10.2. The molecule has 17 heavy (non-hydrogen) atoms. The molecule has 2 heteroatoms. The summed E-state index contributed by atoms with van der Waals surface area (Å²) in [5.41, 5.74) is 2.10. The van der Waals surface area contributed by atoms with Crippen LogP contribution in [-0.4, -0.2) is 0 Å². The first-order chi connectivity index (χ1) is 8.29. The third-order valence-electron chi connectivity index (χ3n) is 2.50. The fraction of sp³-hybridized carbons (Fsp3) is 0.133. The maximum Gasteiger partial charge on any atom is 0.124 e. The Kier molecular flexibility index (Phi) is 4.05. The normalized spacial score (nSPS) is 12.1. The Balaban J connectivity index is 2.10. The minimum absolute atomic E-state index is 0.207. The van der Waals surface area contributed by atoms with Crippen molar-refractivity contribution in [3.8, 4) is 5.75 Å². The third kappa shape index (κ3) is 3.24. The van der Waals surface area contributed by atoms with Crippen LogP contribution in [0.4, 0.5) is 0 Å². The third-order valence-corrected chi connectivity index (χ3v) is 2.81. The average molecular weight is 246 g/mol. The molecule has 1 atom stereocenters. The van der Waals surface area contributed by atoms with E-state index in [9.17, 15) is 0 Å². The molecule has 0 spiro atoms. The molecule has 0 amide bonds. The van der Waals surface area contributed by atoms with Gasteiger partial charge in [0.05, 0.1) is 0 Å². The van der Waals surface area contributed by atoms with E-state index in [-0.39, 0.29) is 6.10 Å². The van der Waals surface area contributed by atoms with E-state index >= 15 is 0 Å². The molecule has 0 N–H and O–H groups in total. The van der Waals surface area contributed by atoms with E-state index in [2.05, 4.69) is 6.92 Å². The number of benzene rings is 2. The lowest BCUT2D eigenvalue weighted by Gasteiger charge is -2.15. The standard InChI is InChI=1S/C15H14ClO/c1-12(14-7-3-2-4-8-14)17-15-9-5-6-13(10-15)11-16/h2-10,12H,1,11H2. The van der Waals surface area contributed by atoms with E-state index in [4.69, 9.17) is 16.3 Å². The molecule has 0 fully saturated rings. The van der Waals surface area contributed by atoms with Gasteiger partial charge in [-0.3, -0.25) is 0 Å². The van der Waals surface area contributed by atoms with Gasteiger partial charge in [0.15, 0.2) is 0 Å². The van der Waals surface area contributed by atoms with Crippen molar-refractivity contribution in [2.24, 2.45) is 0 Å². The van der Waals surface area contributed by atoms with E-state index < -0.39 is 0 Å². The molecule has 87 valence electrons. The lowest BCUT2D eigenvalue weighted by molar-refractivity contribution is 0.253. The molecule has 2 aromatic rings. The summed E-state index contributed by atoms with van der Waals surface area (Å²) in [6.07, 6.45) is -0.207. The summed E-state index contributed by atoms with van der Waals surface area (Å²) in [5, 5.41) is 0. The molecule has 0 aliphatic heterocycles. The number of ether oxygens (including phenoxy) is 1. The molecule has 0 saturated heterocycles. The highest BCUT2D eigenvalue weighted by atomic mass is 35.5. The predicted molar refractivity (Wildman–Crippen MR) is 71.2 cm³/mol. The Morgan fingerprint density at radius 1 is 1.06 bits per heavy atom. The number of hydrogen-bond donors (Lipinski definition) is 0. The molecular formula is C15H14ClO. The van der Waals surface area contributed by atoms with Crippen LogP contribution >= 0.6 is 11.6 Å². The highest BCUT2D eigenvalue weighted by Gasteiger charge is 2.06. The molecule has 2 aromatic carbocycles. The Morgan fingerprint density at radius 3 is 2.53 bits per heavy atom. The van der Waals surface area contributed by atoms with Gasteiger partial charge in [-0.15, -0.1) is 11.6 Å². The summed E-state index contributed by atoms with van der Waals surface area (Å²) in [4.78, 5) is 0. The highest BCUT2D eigenvalue weighted by Crippen LogP contribution is 2.22. The van der Waals surface area contributed by atoms with Gasteiger partial charge in [0.25, 0.3) is 0 Å². The monoisotopic (exact) mass is 245 g/mol. The fourth-order valence-electron chi connectivity index (χ4n) is 1.60. The second-order valence-electron chi connectivity index (χ2n) is 3.80. The molecule has 0 heterocycles. The van der Waals surface area contributed by atoms with Crippen LogP contribution in [0.5, 0.6) is 5.75 Å². The molecule has 1 radical (unpaired) electrons. The summed E-state index contributed by atoms with van der Waals surface area (Å²) >= 11 is 5.78. The number of alkyl halides is 1. The lowest BCUT2D eigenvalue weighted by Crippen LogP contribution is -2.03. The topological polar surface area (TPSA) is 9.23 Å². The highest BCUT2D eigenvalue weighted by molar-refractivity contribution is 6.17. The van der Waals surface area contributed by atoms with Crippen molar-refractivity contribution in [3.05, 3.63) is 72.6 Å². The molecule has 0 saturated carbocycles. The first-order valence-corrected chi connectivity index (χ1v) is 6.02. The largest absolute Gasteiger partial charge is 0.486 e. The van der Waals surface area contributed by atoms with E-state index in [1.807, 2.05) is 54.6 Å². The predicted octanol–water partition coefficient (Wildman–Crippen LogP) is 4.38. The van der Waals surface area contributed by atoms with Crippen molar-refractivity contribution < 1.29 is 4.74 Å². The van der Waals surface area contributed by atoms with Gasteiger partial charge in [-0.2, -0.15) is 0 Å². The summed E-state index contributed by atoms with van der Waals surface area (Å²) in [5.74, 6) is 1.29. The van der Waals surface area contributed by atoms with Gasteiger partial charge in [0.1, 0.15) is 11.9 Å². The second-order valence-corrected chi connectivity index (χ2v) is 4.07. The maximum atomic E-state index is 5.78. The summed E-state index contributed by atoms with van der Waals surface area (Å²) in [6.45, 7) is 4.00. The average Bonchev–Trinajstić information content (AvgIpc) is 2.40. The van der Waals surface area contributed by atoms with Crippen LogP contribution in [-0.2, 0) is 5.88 Å². The number of halogens is 1. The van der Waals surface area contributed by atoms with Crippen molar-refractivity contribution in [1.29, 1.82) is 0 Å². The summed E-state index contributed by atoms with van der Waals surface area (Å²) in [7, 11) is 0. The molecular weight excluding hydrogens is 232 g/mol. The first-order valence-electron chi connectivity index (χ1n) is 5.49. The zero-order valence-electron chi connectivity index (χ0n) is 9.47. The van der Waals surface area contributed by atoms with E-state index in [1.165, 1.54) is 0 Å².